The number of fused-ring (bicyclic) bond motifs is 5. The van der Waals surface area contributed by atoms with E-state index in [9.17, 15) is 14.4 Å². The summed E-state index contributed by atoms with van der Waals surface area (Å²) in [5.74, 6) is -0.0979. The summed E-state index contributed by atoms with van der Waals surface area (Å²) in [4.78, 5) is 49.2. The monoisotopic (exact) mass is 457 g/mol. The molecule has 2 aromatic carbocycles. The molecule has 2 aliphatic rings. The molecule has 3 amide bonds. The van der Waals surface area contributed by atoms with Gasteiger partial charge in [-0.25, -0.2) is 4.98 Å². The second kappa shape index (κ2) is 9.51. The lowest BCUT2D eigenvalue weighted by atomic mass is 10.0. The molecular weight excluding hydrogens is 430 g/mol. The number of hydrogen-bond donors (Lipinski definition) is 2. The maximum absolute atomic E-state index is 13.4. The Morgan fingerprint density at radius 2 is 1.76 bits per heavy atom. The van der Waals surface area contributed by atoms with Gasteiger partial charge in [-0.3, -0.25) is 19.3 Å². The van der Waals surface area contributed by atoms with Crippen molar-refractivity contribution in [2.24, 2.45) is 0 Å². The normalized spacial score (nSPS) is 16.3. The standard InChI is InChI=1S/C26H27N5O3/c32-23(28-14-13-18-16-27-17-29-18)12-2-1-7-15-30-24-19-8-3-4-9-20(19)26(34)31(24)22-11-6-5-10-21(22)25(30)33/h3-6,8-11,16-17,24H,1-2,7,12-15H2,(H,27,29)(H,28,32)/t24-/m0/s1. The minimum atomic E-state index is -0.420. The van der Waals surface area contributed by atoms with Crippen molar-refractivity contribution in [3.05, 3.63) is 83.4 Å². The van der Waals surface area contributed by atoms with Crippen molar-refractivity contribution in [1.29, 1.82) is 0 Å². The molecule has 5 rings (SSSR count). The number of unbranched alkanes of at least 4 members (excludes halogenated alkanes) is 2. The third kappa shape index (κ3) is 4.07. The first-order valence-corrected chi connectivity index (χ1v) is 11.7. The third-order valence-electron chi connectivity index (χ3n) is 6.46. The largest absolute Gasteiger partial charge is 0.356 e. The number of imidazole rings is 1. The highest BCUT2D eigenvalue weighted by molar-refractivity contribution is 6.16. The zero-order valence-electron chi connectivity index (χ0n) is 18.9. The first kappa shape index (κ1) is 21.9. The first-order valence-electron chi connectivity index (χ1n) is 11.7. The van der Waals surface area contributed by atoms with Gasteiger partial charge in [0.2, 0.25) is 5.91 Å². The van der Waals surface area contributed by atoms with Gasteiger partial charge in [-0.15, -0.1) is 0 Å². The number of nitrogens with zero attached hydrogens (tertiary/aromatic N) is 3. The summed E-state index contributed by atoms with van der Waals surface area (Å²) in [5, 5.41) is 2.93. The van der Waals surface area contributed by atoms with Crippen LogP contribution in [0.3, 0.4) is 0 Å². The number of carbonyl (C=O) groups excluding carboxylic acids is 3. The molecule has 1 aromatic heterocycles. The number of para-hydroxylation sites is 1. The molecule has 0 fully saturated rings. The molecule has 0 spiro atoms. The number of aromatic nitrogens is 2. The van der Waals surface area contributed by atoms with Crippen molar-refractivity contribution in [3.63, 3.8) is 0 Å². The van der Waals surface area contributed by atoms with E-state index in [1.165, 1.54) is 0 Å². The summed E-state index contributed by atoms with van der Waals surface area (Å²) < 4.78 is 0. The van der Waals surface area contributed by atoms with E-state index in [1.54, 1.807) is 28.4 Å². The average Bonchev–Trinajstić information content (AvgIpc) is 3.47. The summed E-state index contributed by atoms with van der Waals surface area (Å²) in [6.45, 7) is 1.10. The van der Waals surface area contributed by atoms with Gasteiger partial charge in [0.15, 0.2) is 0 Å². The minimum absolute atomic E-state index is 0.0315. The van der Waals surface area contributed by atoms with Crippen LogP contribution in [-0.4, -0.2) is 45.7 Å². The number of amides is 3. The van der Waals surface area contributed by atoms with Crippen LogP contribution < -0.4 is 10.2 Å². The van der Waals surface area contributed by atoms with Gasteiger partial charge in [-0.05, 0) is 31.0 Å². The maximum Gasteiger partial charge on any atom is 0.260 e. The summed E-state index contributed by atoms with van der Waals surface area (Å²) >= 11 is 0. The molecule has 8 heteroatoms. The summed E-state index contributed by atoms with van der Waals surface area (Å²) in [6.07, 6.45) is 6.47. The Hall–Kier alpha value is -3.94. The Bertz CT molecular complexity index is 1210. The fraction of sp³-hybridized carbons (Fsp3) is 0.308. The van der Waals surface area contributed by atoms with Gasteiger partial charge in [0, 0.05) is 48.9 Å². The van der Waals surface area contributed by atoms with Crippen molar-refractivity contribution in [1.82, 2.24) is 20.2 Å². The topological polar surface area (TPSA) is 98.4 Å². The molecule has 2 aliphatic heterocycles. The van der Waals surface area contributed by atoms with Crippen LogP contribution in [0.4, 0.5) is 5.69 Å². The number of rotatable bonds is 9. The van der Waals surface area contributed by atoms with Gasteiger partial charge in [-0.2, -0.15) is 0 Å². The Kier molecular flexibility index (Phi) is 6.12. The zero-order chi connectivity index (χ0) is 23.5. The van der Waals surface area contributed by atoms with E-state index in [-0.39, 0.29) is 17.7 Å². The smallest absolute Gasteiger partial charge is 0.260 e. The summed E-state index contributed by atoms with van der Waals surface area (Å²) in [7, 11) is 0. The van der Waals surface area contributed by atoms with Gasteiger partial charge < -0.3 is 15.2 Å². The van der Waals surface area contributed by atoms with Crippen molar-refractivity contribution in [2.75, 3.05) is 18.0 Å². The van der Waals surface area contributed by atoms with Crippen molar-refractivity contribution in [2.45, 2.75) is 38.3 Å². The lowest BCUT2D eigenvalue weighted by molar-refractivity contribution is -0.121. The first-order chi connectivity index (χ1) is 16.6. The quantitative estimate of drug-likeness (QED) is 0.481. The maximum atomic E-state index is 13.4. The van der Waals surface area contributed by atoms with Crippen molar-refractivity contribution >= 4 is 23.4 Å². The number of anilines is 1. The van der Waals surface area contributed by atoms with Crippen molar-refractivity contribution < 1.29 is 14.4 Å². The Morgan fingerprint density at radius 1 is 0.971 bits per heavy atom. The number of carbonyl (C=O) groups is 3. The highest BCUT2D eigenvalue weighted by atomic mass is 16.2. The molecule has 34 heavy (non-hydrogen) atoms. The highest BCUT2D eigenvalue weighted by Crippen LogP contribution is 2.45. The molecule has 0 unspecified atom stereocenters. The zero-order valence-corrected chi connectivity index (χ0v) is 18.9. The number of H-pyrrole nitrogens is 1. The molecule has 2 N–H and O–H groups in total. The Balaban J connectivity index is 1.19. The van der Waals surface area contributed by atoms with E-state index in [2.05, 4.69) is 15.3 Å². The van der Waals surface area contributed by atoms with Crippen LogP contribution in [0.1, 0.15) is 63.8 Å². The predicted molar refractivity (Wildman–Crippen MR) is 127 cm³/mol. The lowest BCUT2D eigenvalue weighted by Gasteiger charge is -2.41. The fourth-order valence-corrected chi connectivity index (χ4v) is 4.79. The molecule has 0 saturated carbocycles. The van der Waals surface area contributed by atoms with Gasteiger partial charge in [0.05, 0.1) is 17.6 Å². The van der Waals surface area contributed by atoms with E-state index in [0.29, 0.717) is 36.3 Å². The van der Waals surface area contributed by atoms with Crippen LogP contribution in [0, 0.1) is 0 Å². The Morgan fingerprint density at radius 3 is 2.59 bits per heavy atom. The number of benzene rings is 2. The van der Waals surface area contributed by atoms with Gasteiger partial charge in [0.1, 0.15) is 6.17 Å². The average molecular weight is 458 g/mol. The number of hydrogen-bond acceptors (Lipinski definition) is 4. The van der Waals surface area contributed by atoms with Crippen LogP contribution in [0.15, 0.2) is 61.1 Å². The number of nitrogens with one attached hydrogen (secondary N) is 2. The highest BCUT2D eigenvalue weighted by Gasteiger charge is 2.47. The lowest BCUT2D eigenvalue weighted by Crippen LogP contribution is -2.48. The van der Waals surface area contributed by atoms with E-state index in [0.717, 1.165) is 36.9 Å². The van der Waals surface area contributed by atoms with Gasteiger partial charge >= 0.3 is 0 Å². The second-order valence-electron chi connectivity index (χ2n) is 8.64. The molecule has 0 radical (unpaired) electrons. The van der Waals surface area contributed by atoms with Crippen LogP contribution in [0.5, 0.6) is 0 Å². The molecule has 0 aliphatic carbocycles. The SMILES string of the molecule is O=C(CCCCCN1C(=O)c2ccccc2N2C(=O)c3ccccc3[C@@H]12)NCCc1cnc[nH]1. The molecule has 8 nitrogen and oxygen atoms in total. The molecular formula is C26H27N5O3. The van der Waals surface area contributed by atoms with Crippen LogP contribution in [0.25, 0.3) is 0 Å². The van der Waals surface area contributed by atoms with E-state index >= 15 is 0 Å². The third-order valence-corrected chi connectivity index (χ3v) is 6.46. The number of aromatic amines is 1. The van der Waals surface area contributed by atoms with Crippen LogP contribution in [-0.2, 0) is 11.2 Å². The second-order valence-corrected chi connectivity index (χ2v) is 8.64. The van der Waals surface area contributed by atoms with E-state index in [4.69, 9.17) is 0 Å². The van der Waals surface area contributed by atoms with E-state index < -0.39 is 6.17 Å². The van der Waals surface area contributed by atoms with E-state index in [1.807, 2.05) is 42.5 Å². The van der Waals surface area contributed by atoms with Gasteiger partial charge in [0.25, 0.3) is 11.8 Å². The van der Waals surface area contributed by atoms with Crippen LogP contribution in [0.2, 0.25) is 0 Å². The molecule has 3 heterocycles. The molecule has 174 valence electrons. The van der Waals surface area contributed by atoms with Crippen LogP contribution >= 0.6 is 0 Å². The predicted octanol–water partition coefficient (Wildman–Crippen LogP) is 3.44. The molecule has 0 bridgehead atoms. The summed E-state index contributed by atoms with van der Waals surface area (Å²) in [5.41, 5.74) is 3.73. The molecule has 0 saturated heterocycles. The minimum Gasteiger partial charge on any atom is -0.356 e. The summed E-state index contributed by atoms with van der Waals surface area (Å²) in [6, 6.07) is 14.8. The fourth-order valence-electron chi connectivity index (χ4n) is 4.79. The molecule has 1 atom stereocenters. The molecule has 3 aromatic rings. The van der Waals surface area contributed by atoms with Gasteiger partial charge in [-0.1, -0.05) is 36.8 Å². The van der Waals surface area contributed by atoms with Crippen molar-refractivity contribution in [3.8, 4) is 0 Å². The Labute approximate surface area is 198 Å².